The number of rotatable bonds is 41. The van der Waals surface area contributed by atoms with Crippen LogP contribution in [0, 0.1) is 0 Å². The maximum atomic E-state index is 12.7. The van der Waals surface area contributed by atoms with E-state index < -0.39 is 32.5 Å². The van der Waals surface area contributed by atoms with Gasteiger partial charge >= 0.3 is 11.9 Å². The average Bonchev–Trinajstić information content (AvgIpc) is 3.15. The number of phosphoric ester groups is 1. The number of carbonyl (C=O) groups is 2. The van der Waals surface area contributed by atoms with E-state index in [9.17, 15) is 19.0 Å². The minimum Gasteiger partial charge on any atom is -0.756 e. The monoisotopic (exact) mass is 812 g/mol. The highest BCUT2D eigenvalue weighted by Gasteiger charge is 2.21. The number of hydrogen-bond acceptors (Lipinski definition) is 8. The molecule has 0 radical (unpaired) electrons. The largest absolute Gasteiger partial charge is 0.756 e. The molecular formula is C46H86NO8P. The summed E-state index contributed by atoms with van der Waals surface area (Å²) in [6.07, 6.45) is 43.0. The Labute approximate surface area is 344 Å². The van der Waals surface area contributed by atoms with E-state index in [0.29, 0.717) is 23.9 Å². The summed E-state index contributed by atoms with van der Waals surface area (Å²) in [6.45, 7) is 4.18. The number of phosphoric acid groups is 1. The summed E-state index contributed by atoms with van der Waals surface area (Å²) in [7, 11) is 1.15. The molecule has 0 aliphatic carbocycles. The molecule has 0 heterocycles. The van der Waals surface area contributed by atoms with Crippen molar-refractivity contribution in [1.29, 1.82) is 0 Å². The van der Waals surface area contributed by atoms with Gasteiger partial charge in [0.1, 0.15) is 19.8 Å². The molecule has 10 heteroatoms. The average molecular weight is 812 g/mol. The molecule has 0 saturated carbocycles. The number of allylic oxidation sites excluding steroid dienone is 6. The molecule has 328 valence electrons. The standard InChI is InChI=1S/C46H86NO8P/c1-6-8-10-12-14-16-18-20-22-23-25-27-29-31-33-35-37-39-46(49)55-44(43-54-56(50,51)53-41-40-47(3,4)5)42-52-45(48)38-36-34-32-30-28-26-24-21-19-17-15-13-11-9-7-2/h15,17,20-22,24,44H,6-14,16,18-19,23,25-43H2,1-5H3/b17-15+,22-20+,24-21+/t44-/m1/s1. The molecule has 0 aromatic heterocycles. The van der Waals surface area contributed by atoms with Crippen LogP contribution in [-0.4, -0.2) is 70.0 Å². The quantitative estimate of drug-likeness (QED) is 0.0197. The van der Waals surface area contributed by atoms with E-state index in [1.165, 1.54) is 89.9 Å². The number of likely N-dealkylation sites (N-methyl/N-ethyl adjacent to an activating group) is 1. The van der Waals surface area contributed by atoms with Crippen molar-refractivity contribution in [3.05, 3.63) is 36.5 Å². The molecule has 1 unspecified atom stereocenters. The van der Waals surface area contributed by atoms with Crippen molar-refractivity contribution < 1.29 is 42.1 Å². The summed E-state index contributed by atoms with van der Waals surface area (Å²) in [5.74, 6) is -0.854. The van der Waals surface area contributed by atoms with E-state index in [1.807, 2.05) is 21.1 Å². The lowest BCUT2D eigenvalue weighted by molar-refractivity contribution is -0.870. The highest BCUT2D eigenvalue weighted by Crippen LogP contribution is 2.38. The Morgan fingerprint density at radius 2 is 0.964 bits per heavy atom. The van der Waals surface area contributed by atoms with Crippen LogP contribution in [0.25, 0.3) is 0 Å². The molecular weight excluding hydrogens is 725 g/mol. The van der Waals surface area contributed by atoms with Crippen molar-refractivity contribution >= 4 is 19.8 Å². The van der Waals surface area contributed by atoms with Crippen molar-refractivity contribution in [2.24, 2.45) is 0 Å². The van der Waals surface area contributed by atoms with Gasteiger partial charge in [-0.3, -0.25) is 14.2 Å². The number of esters is 2. The number of ether oxygens (including phenoxy) is 2. The fourth-order valence-electron chi connectivity index (χ4n) is 6.03. The van der Waals surface area contributed by atoms with Gasteiger partial charge < -0.3 is 27.9 Å². The normalized spacial score (nSPS) is 13.9. The van der Waals surface area contributed by atoms with Crippen LogP contribution in [0.2, 0.25) is 0 Å². The van der Waals surface area contributed by atoms with Gasteiger partial charge in [0.15, 0.2) is 6.10 Å². The molecule has 0 aliphatic rings. The zero-order valence-electron chi connectivity index (χ0n) is 36.8. The molecule has 0 amide bonds. The molecule has 56 heavy (non-hydrogen) atoms. The highest BCUT2D eigenvalue weighted by atomic mass is 31.2. The summed E-state index contributed by atoms with van der Waals surface area (Å²) in [5.41, 5.74) is 0. The second-order valence-electron chi connectivity index (χ2n) is 16.4. The van der Waals surface area contributed by atoms with Gasteiger partial charge in [0.25, 0.3) is 7.82 Å². The zero-order valence-corrected chi connectivity index (χ0v) is 37.7. The van der Waals surface area contributed by atoms with Gasteiger partial charge in [-0.15, -0.1) is 0 Å². The van der Waals surface area contributed by atoms with Crippen LogP contribution in [0.15, 0.2) is 36.5 Å². The smallest absolute Gasteiger partial charge is 0.306 e. The van der Waals surface area contributed by atoms with Gasteiger partial charge in [0, 0.05) is 12.8 Å². The molecule has 0 aliphatic heterocycles. The summed E-state index contributed by atoms with van der Waals surface area (Å²) in [5, 5.41) is 0. The lowest BCUT2D eigenvalue weighted by atomic mass is 10.1. The SMILES string of the molecule is CCCCC/C=C/C/C=C/CCCCCCCC(=O)OC[C@H](COP(=O)([O-])OCC[N+](C)(C)C)OC(=O)CCCCCCCCC/C=C/CCCCCCCC. The zero-order chi connectivity index (χ0) is 41.4. The summed E-state index contributed by atoms with van der Waals surface area (Å²) >= 11 is 0. The van der Waals surface area contributed by atoms with Gasteiger partial charge in [-0.2, -0.15) is 0 Å². The second kappa shape index (κ2) is 38.7. The Balaban J connectivity index is 4.37. The van der Waals surface area contributed by atoms with Crippen molar-refractivity contribution in [1.82, 2.24) is 0 Å². The van der Waals surface area contributed by atoms with Crippen LogP contribution in [0.4, 0.5) is 0 Å². The molecule has 0 aromatic carbocycles. The number of hydrogen-bond donors (Lipinski definition) is 0. The van der Waals surface area contributed by atoms with Crippen LogP contribution in [0.3, 0.4) is 0 Å². The van der Waals surface area contributed by atoms with Gasteiger partial charge in [-0.25, -0.2) is 0 Å². The Hall–Kier alpha value is -1.77. The summed E-state index contributed by atoms with van der Waals surface area (Å²) in [4.78, 5) is 37.5. The number of quaternary nitrogens is 1. The predicted octanol–water partition coefficient (Wildman–Crippen LogP) is 12.3. The first-order valence-corrected chi connectivity index (χ1v) is 24.2. The Morgan fingerprint density at radius 1 is 0.554 bits per heavy atom. The summed E-state index contributed by atoms with van der Waals surface area (Å²) in [6, 6.07) is 0. The van der Waals surface area contributed by atoms with Gasteiger partial charge in [0.05, 0.1) is 27.7 Å². The molecule has 9 nitrogen and oxygen atoms in total. The first-order valence-electron chi connectivity index (χ1n) is 22.7. The third-order valence-electron chi connectivity index (χ3n) is 9.63. The van der Waals surface area contributed by atoms with Crippen molar-refractivity contribution in [3.8, 4) is 0 Å². The minimum absolute atomic E-state index is 0.0341. The molecule has 2 atom stereocenters. The van der Waals surface area contributed by atoms with Gasteiger partial charge in [-0.05, 0) is 70.6 Å². The van der Waals surface area contributed by atoms with Gasteiger partial charge in [0.2, 0.25) is 0 Å². The molecule has 0 spiro atoms. The number of unbranched alkanes of at least 4 members (excludes halogenated alkanes) is 21. The van der Waals surface area contributed by atoms with E-state index in [2.05, 4.69) is 50.3 Å². The Bertz CT molecular complexity index is 1050. The molecule has 0 saturated heterocycles. The van der Waals surface area contributed by atoms with Gasteiger partial charge in [-0.1, -0.05) is 147 Å². The van der Waals surface area contributed by atoms with E-state index >= 15 is 0 Å². The third kappa shape index (κ3) is 41.9. The predicted molar refractivity (Wildman–Crippen MR) is 231 cm³/mol. The van der Waals surface area contributed by atoms with Crippen molar-refractivity contribution in [3.63, 3.8) is 0 Å². The van der Waals surface area contributed by atoms with Crippen LogP contribution in [0.1, 0.15) is 194 Å². The van der Waals surface area contributed by atoms with Crippen LogP contribution < -0.4 is 4.89 Å². The first-order chi connectivity index (χ1) is 27.0. The van der Waals surface area contributed by atoms with Crippen LogP contribution in [-0.2, 0) is 32.7 Å². The lowest BCUT2D eigenvalue weighted by Crippen LogP contribution is -2.37. The minimum atomic E-state index is -4.63. The van der Waals surface area contributed by atoms with Crippen molar-refractivity contribution in [2.45, 2.75) is 200 Å². The van der Waals surface area contributed by atoms with Crippen LogP contribution >= 0.6 is 7.82 Å². The topological polar surface area (TPSA) is 111 Å². The van der Waals surface area contributed by atoms with E-state index in [0.717, 1.165) is 64.2 Å². The third-order valence-corrected chi connectivity index (χ3v) is 10.6. The van der Waals surface area contributed by atoms with Crippen LogP contribution in [0.5, 0.6) is 0 Å². The Kier molecular flexibility index (Phi) is 37.5. The van der Waals surface area contributed by atoms with E-state index in [-0.39, 0.29) is 26.1 Å². The highest BCUT2D eigenvalue weighted by molar-refractivity contribution is 7.45. The fraction of sp³-hybridized carbons (Fsp3) is 0.826. The molecule has 0 aromatic rings. The number of carbonyl (C=O) groups excluding carboxylic acids is 2. The second-order valence-corrected chi connectivity index (χ2v) is 17.8. The Morgan fingerprint density at radius 3 is 1.46 bits per heavy atom. The van der Waals surface area contributed by atoms with Crippen molar-refractivity contribution in [2.75, 3.05) is 47.5 Å². The fourth-order valence-corrected chi connectivity index (χ4v) is 6.76. The van der Waals surface area contributed by atoms with E-state index in [4.69, 9.17) is 18.5 Å². The van der Waals surface area contributed by atoms with E-state index in [1.54, 1.807) is 0 Å². The lowest BCUT2D eigenvalue weighted by Gasteiger charge is -2.28. The molecule has 0 fully saturated rings. The maximum absolute atomic E-state index is 12.7. The number of nitrogens with zero attached hydrogens (tertiary/aromatic N) is 1. The first kappa shape index (κ1) is 54.2. The maximum Gasteiger partial charge on any atom is 0.306 e. The summed E-state index contributed by atoms with van der Waals surface area (Å²) < 4.78 is 33.9. The molecule has 0 rings (SSSR count). The molecule has 0 N–H and O–H groups in total. The molecule has 0 bridgehead atoms.